The highest BCUT2D eigenvalue weighted by atomic mass is 16.5. The van der Waals surface area contributed by atoms with Gasteiger partial charge >= 0.3 is 0 Å². The summed E-state index contributed by atoms with van der Waals surface area (Å²) in [6, 6.07) is 8.75. The summed E-state index contributed by atoms with van der Waals surface area (Å²) in [5.74, 6) is 1.92. The zero-order valence-corrected chi connectivity index (χ0v) is 11.2. The highest BCUT2D eigenvalue weighted by molar-refractivity contribution is 5.86. The van der Waals surface area contributed by atoms with E-state index in [0.29, 0.717) is 12.1 Å². The lowest BCUT2D eigenvalue weighted by Crippen LogP contribution is -2.41. The van der Waals surface area contributed by atoms with Gasteiger partial charge in [0.2, 0.25) is 0 Å². The largest absolute Gasteiger partial charge is 0.497 e. The molecule has 0 aromatic heterocycles. The molecule has 0 saturated heterocycles. The van der Waals surface area contributed by atoms with Crippen molar-refractivity contribution in [1.29, 1.82) is 0 Å². The van der Waals surface area contributed by atoms with Gasteiger partial charge in [-0.1, -0.05) is 12.1 Å². The smallest absolute Gasteiger partial charge is 0.119 e. The van der Waals surface area contributed by atoms with Crippen molar-refractivity contribution in [2.75, 3.05) is 7.11 Å². The molecular formula is C15H20N2O2. The van der Waals surface area contributed by atoms with Gasteiger partial charge in [-0.15, -0.1) is 0 Å². The maximum absolute atomic E-state index is 9.69. The van der Waals surface area contributed by atoms with Gasteiger partial charge in [-0.25, -0.2) is 0 Å². The van der Waals surface area contributed by atoms with E-state index in [4.69, 9.17) is 9.73 Å². The molecule has 0 bridgehead atoms. The van der Waals surface area contributed by atoms with Crippen LogP contribution in [0.25, 0.3) is 0 Å². The van der Waals surface area contributed by atoms with Gasteiger partial charge in [0.25, 0.3) is 0 Å². The Hall–Kier alpha value is -1.55. The summed E-state index contributed by atoms with van der Waals surface area (Å²) in [7, 11) is 1.68. The number of methoxy groups -OCH3 is 1. The van der Waals surface area contributed by atoms with Gasteiger partial charge in [-0.3, -0.25) is 4.99 Å². The fourth-order valence-electron chi connectivity index (χ4n) is 2.97. The van der Waals surface area contributed by atoms with E-state index in [0.717, 1.165) is 37.3 Å². The lowest BCUT2D eigenvalue weighted by Gasteiger charge is -2.27. The lowest BCUT2D eigenvalue weighted by atomic mass is 9.90. The number of ether oxygens (including phenoxy) is 1. The van der Waals surface area contributed by atoms with E-state index >= 15 is 0 Å². The van der Waals surface area contributed by atoms with Crippen LogP contribution in [0.5, 0.6) is 5.75 Å². The SMILES string of the molecule is COc1cccc(CC2=NC3CCC(O)CC3N2)c1. The zero-order chi connectivity index (χ0) is 13.2. The Bertz CT molecular complexity index is 487. The van der Waals surface area contributed by atoms with Crippen molar-refractivity contribution in [3.63, 3.8) is 0 Å². The second-order valence-corrected chi connectivity index (χ2v) is 5.39. The van der Waals surface area contributed by atoms with Crippen molar-refractivity contribution in [3.05, 3.63) is 29.8 Å². The van der Waals surface area contributed by atoms with Crippen LogP contribution >= 0.6 is 0 Å². The number of fused-ring (bicyclic) bond motifs is 1. The van der Waals surface area contributed by atoms with Crippen LogP contribution in [0.4, 0.5) is 0 Å². The molecule has 1 aliphatic carbocycles. The summed E-state index contributed by atoms with van der Waals surface area (Å²) in [6.45, 7) is 0. The minimum Gasteiger partial charge on any atom is -0.497 e. The van der Waals surface area contributed by atoms with Crippen molar-refractivity contribution >= 4 is 5.84 Å². The molecule has 1 saturated carbocycles. The molecule has 1 aromatic rings. The Kier molecular flexibility index (Phi) is 3.42. The van der Waals surface area contributed by atoms with Gasteiger partial charge in [0, 0.05) is 6.42 Å². The first-order valence-corrected chi connectivity index (χ1v) is 6.89. The summed E-state index contributed by atoms with van der Waals surface area (Å²) < 4.78 is 5.23. The number of hydrogen-bond acceptors (Lipinski definition) is 4. The van der Waals surface area contributed by atoms with E-state index in [2.05, 4.69) is 11.4 Å². The van der Waals surface area contributed by atoms with E-state index in [-0.39, 0.29) is 6.10 Å². The summed E-state index contributed by atoms with van der Waals surface area (Å²) in [4.78, 5) is 4.75. The van der Waals surface area contributed by atoms with Crippen LogP contribution in [0, 0.1) is 0 Å². The van der Waals surface area contributed by atoms with Crippen molar-refractivity contribution in [3.8, 4) is 5.75 Å². The van der Waals surface area contributed by atoms with Gasteiger partial charge in [-0.2, -0.15) is 0 Å². The van der Waals surface area contributed by atoms with Crippen molar-refractivity contribution in [2.24, 2.45) is 4.99 Å². The molecular weight excluding hydrogens is 240 g/mol. The minimum absolute atomic E-state index is 0.167. The summed E-state index contributed by atoms with van der Waals surface area (Å²) in [5.41, 5.74) is 1.20. The Morgan fingerprint density at radius 3 is 3.16 bits per heavy atom. The molecule has 3 atom stereocenters. The number of amidine groups is 1. The first kappa shape index (κ1) is 12.5. The quantitative estimate of drug-likeness (QED) is 0.866. The molecule has 102 valence electrons. The number of hydrogen-bond donors (Lipinski definition) is 2. The average Bonchev–Trinajstić information content (AvgIpc) is 2.80. The van der Waals surface area contributed by atoms with E-state index in [9.17, 15) is 5.11 Å². The maximum atomic E-state index is 9.69. The minimum atomic E-state index is -0.167. The Morgan fingerprint density at radius 1 is 1.42 bits per heavy atom. The van der Waals surface area contributed by atoms with E-state index in [1.165, 1.54) is 5.56 Å². The van der Waals surface area contributed by atoms with Gasteiger partial charge in [0.1, 0.15) is 11.6 Å². The zero-order valence-electron chi connectivity index (χ0n) is 11.2. The standard InChI is InChI=1S/C15H20N2O2/c1-19-12-4-2-3-10(7-12)8-15-16-13-6-5-11(18)9-14(13)17-15/h2-4,7,11,13-14,18H,5-6,8-9H2,1H3,(H,16,17). The number of nitrogens with one attached hydrogen (secondary N) is 1. The molecule has 4 nitrogen and oxygen atoms in total. The van der Waals surface area contributed by atoms with E-state index in [1.54, 1.807) is 7.11 Å². The van der Waals surface area contributed by atoms with Crippen LogP contribution < -0.4 is 10.1 Å². The number of aliphatic hydroxyl groups is 1. The predicted octanol–water partition coefficient (Wildman–Crippen LogP) is 1.52. The van der Waals surface area contributed by atoms with Crippen molar-refractivity contribution in [1.82, 2.24) is 5.32 Å². The molecule has 19 heavy (non-hydrogen) atoms. The molecule has 1 aliphatic heterocycles. The number of nitrogens with zero attached hydrogens (tertiary/aromatic N) is 1. The molecule has 0 spiro atoms. The van der Waals surface area contributed by atoms with Crippen LogP contribution in [-0.2, 0) is 6.42 Å². The first-order valence-electron chi connectivity index (χ1n) is 6.89. The van der Waals surface area contributed by atoms with Crippen LogP contribution in [0.15, 0.2) is 29.3 Å². The van der Waals surface area contributed by atoms with Gasteiger partial charge < -0.3 is 15.2 Å². The predicted molar refractivity (Wildman–Crippen MR) is 74.7 cm³/mol. The van der Waals surface area contributed by atoms with E-state index < -0.39 is 0 Å². The molecule has 1 fully saturated rings. The van der Waals surface area contributed by atoms with Gasteiger partial charge in [-0.05, 0) is 37.0 Å². The third kappa shape index (κ3) is 2.73. The summed E-state index contributed by atoms with van der Waals surface area (Å²) >= 11 is 0. The van der Waals surface area contributed by atoms with Gasteiger partial charge in [0.05, 0.1) is 25.3 Å². The fraction of sp³-hybridized carbons (Fsp3) is 0.533. The molecule has 1 heterocycles. The molecule has 0 amide bonds. The number of aliphatic imine (C=N–C) groups is 1. The second-order valence-electron chi connectivity index (χ2n) is 5.39. The third-order valence-electron chi connectivity index (χ3n) is 3.97. The molecule has 3 unspecified atom stereocenters. The Balaban J connectivity index is 1.67. The Labute approximate surface area is 113 Å². The third-order valence-corrected chi connectivity index (χ3v) is 3.97. The average molecular weight is 260 g/mol. The molecule has 2 aliphatic rings. The molecule has 0 radical (unpaired) electrons. The first-order chi connectivity index (χ1) is 9.24. The highest BCUT2D eigenvalue weighted by Crippen LogP contribution is 2.26. The maximum Gasteiger partial charge on any atom is 0.119 e. The van der Waals surface area contributed by atoms with Crippen LogP contribution in [0.3, 0.4) is 0 Å². The molecule has 3 rings (SSSR count). The number of benzene rings is 1. The summed E-state index contributed by atoms with van der Waals surface area (Å²) in [5, 5.41) is 13.2. The van der Waals surface area contributed by atoms with Crippen LogP contribution in [0.2, 0.25) is 0 Å². The van der Waals surface area contributed by atoms with Crippen molar-refractivity contribution < 1.29 is 9.84 Å². The second kappa shape index (κ2) is 5.21. The van der Waals surface area contributed by atoms with E-state index in [1.807, 2.05) is 18.2 Å². The van der Waals surface area contributed by atoms with Crippen molar-refractivity contribution in [2.45, 2.75) is 43.9 Å². The molecule has 2 N–H and O–H groups in total. The molecule has 4 heteroatoms. The summed E-state index contributed by atoms with van der Waals surface area (Å²) in [6.07, 6.45) is 3.31. The fourth-order valence-corrected chi connectivity index (χ4v) is 2.97. The normalized spacial score (nSPS) is 29.4. The topological polar surface area (TPSA) is 53.9 Å². The van der Waals surface area contributed by atoms with Crippen LogP contribution in [0.1, 0.15) is 24.8 Å². The number of aliphatic hydroxyl groups excluding tert-OH is 1. The molecule has 1 aromatic carbocycles. The number of rotatable bonds is 3. The monoisotopic (exact) mass is 260 g/mol. The van der Waals surface area contributed by atoms with Crippen LogP contribution in [-0.4, -0.2) is 36.2 Å². The van der Waals surface area contributed by atoms with Gasteiger partial charge in [0.15, 0.2) is 0 Å². The highest BCUT2D eigenvalue weighted by Gasteiger charge is 2.34. The lowest BCUT2D eigenvalue weighted by molar-refractivity contribution is 0.112. The Morgan fingerprint density at radius 2 is 2.32 bits per heavy atom.